The molecule has 0 aromatic carbocycles. The summed E-state index contributed by atoms with van der Waals surface area (Å²) in [4.78, 5) is 14.2. The van der Waals surface area contributed by atoms with Crippen LogP contribution in [0.25, 0.3) is 16.8 Å². The number of pyridine rings is 2. The Morgan fingerprint density at radius 2 is 1.79 bits per heavy atom. The summed E-state index contributed by atoms with van der Waals surface area (Å²) in [6.45, 7) is 0. The van der Waals surface area contributed by atoms with Gasteiger partial charge >= 0.3 is 12.4 Å². The summed E-state index contributed by atoms with van der Waals surface area (Å²) in [6, 6.07) is 3.78. The molecule has 0 radical (unpaired) electrons. The van der Waals surface area contributed by atoms with E-state index in [1.807, 2.05) is 0 Å². The van der Waals surface area contributed by atoms with Crippen molar-refractivity contribution >= 4 is 32.7 Å². The molecule has 146 valence electrons. The van der Waals surface area contributed by atoms with Gasteiger partial charge in [-0.15, -0.1) is 0 Å². The summed E-state index contributed by atoms with van der Waals surface area (Å²) in [5, 5.41) is 0. The van der Waals surface area contributed by atoms with Crippen molar-refractivity contribution < 1.29 is 26.3 Å². The van der Waals surface area contributed by atoms with Crippen LogP contribution in [0.1, 0.15) is 22.8 Å². The molecule has 4 aromatic heterocycles. The van der Waals surface area contributed by atoms with Crippen molar-refractivity contribution in [2.24, 2.45) is 0 Å². The van der Waals surface area contributed by atoms with Gasteiger partial charge in [0.05, 0.1) is 23.2 Å². The Bertz CT molecular complexity index is 1190. The van der Waals surface area contributed by atoms with Crippen molar-refractivity contribution in [2.45, 2.75) is 18.8 Å². The second-order valence-electron chi connectivity index (χ2n) is 5.93. The van der Waals surface area contributed by atoms with Gasteiger partial charge in [0, 0.05) is 16.9 Å². The quantitative estimate of drug-likeness (QED) is 0.425. The molecule has 0 amide bonds. The molecule has 0 saturated carbocycles. The number of fused-ring (bicyclic) bond motifs is 2. The SMILES string of the molecule is FC(F)(F)c1cnc2nc(Cc3nc4ccc(Br)cn4c3C(F)(F)F)[nH]c2c1. The maximum absolute atomic E-state index is 13.6. The van der Waals surface area contributed by atoms with E-state index in [9.17, 15) is 26.3 Å². The third-order valence-corrected chi connectivity index (χ3v) is 4.44. The topological polar surface area (TPSA) is 58.9 Å². The summed E-state index contributed by atoms with van der Waals surface area (Å²) in [7, 11) is 0. The summed E-state index contributed by atoms with van der Waals surface area (Å²) < 4.78 is 80.5. The van der Waals surface area contributed by atoms with Gasteiger partial charge in [-0.3, -0.25) is 4.40 Å². The van der Waals surface area contributed by atoms with Crippen LogP contribution < -0.4 is 0 Å². The van der Waals surface area contributed by atoms with Crippen molar-refractivity contribution in [2.75, 3.05) is 0 Å². The number of nitrogens with one attached hydrogen (secondary N) is 1. The van der Waals surface area contributed by atoms with Crippen LogP contribution in [0.5, 0.6) is 0 Å². The summed E-state index contributed by atoms with van der Waals surface area (Å²) in [5.74, 6) is 0.0230. The number of aromatic amines is 1. The maximum Gasteiger partial charge on any atom is 0.433 e. The monoisotopic (exact) mass is 463 g/mol. The molecule has 28 heavy (non-hydrogen) atoms. The van der Waals surface area contributed by atoms with Crippen LogP contribution >= 0.6 is 15.9 Å². The number of alkyl halides is 6. The zero-order chi connectivity index (χ0) is 20.3. The second kappa shape index (κ2) is 6.19. The van der Waals surface area contributed by atoms with E-state index < -0.39 is 23.6 Å². The van der Waals surface area contributed by atoms with E-state index in [0.29, 0.717) is 10.7 Å². The first-order chi connectivity index (χ1) is 13.0. The summed E-state index contributed by atoms with van der Waals surface area (Å²) >= 11 is 3.12. The van der Waals surface area contributed by atoms with Crippen LogP contribution in [0.15, 0.2) is 35.1 Å². The molecular formula is C16H8BrF6N5. The van der Waals surface area contributed by atoms with Gasteiger partial charge in [-0.1, -0.05) is 0 Å². The fourth-order valence-corrected chi connectivity index (χ4v) is 3.18. The molecule has 5 nitrogen and oxygen atoms in total. The van der Waals surface area contributed by atoms with E-state index in [-0.39, 0.29) is 34.8 Å². The molecule has 0 aliphatic heterocycles. The van der Waals surface area contributed by atoms with Crippen molar-refractivity contribution in [3.05, 3.63) is 57.8 Å². The highest BCUT2D eigenvalue weighted by Gasteiger charge is 2.38. The molecule has 0 fully saturated rings. The van der Waals surface area contributed by atoms with Crippen molar-refractivity contribution in [3.8, 4) is 0 Å². The Morgan fingerprint density at radius 1 is 1.04 bits per heavy atom. The molecule has 4 heterocycles. The molecule has 12 heteroatoms. The first-order valence-electron chi connectivity index (χ1n) is 7.68. The van der Waals surface area contributed by atoms with E-state index in [1.165, 1.54) is 12.3 Å². The zero-order valence-corrected chi connectivity index (χ0v) is 15.1. The zero-order valence-electron chi connectivity index (χ0n) is 13.5. The average molecular weight is 464 g/mol. The lowest BCUT2D eigenvalue weighted by atomic mass is 10.2. The smallest absolute Gasteiger partial charge is 0.340 e. The van der Waals surface area contributed by atoms with Crippen LogP contribution in [-0.2, 0) is 18.8 Å². The van der Waals surface area contributed by atoms with Crippen molar-refractivity contribution in [1.29, 1.82) is 0 Å². The van der Waals surface area contributed by atoms with Gasteiger partial charge in [0.2, 0.25) is 0 Å². The predicted octanol–water partition coefficient (Wildman–Crippen LogP) is 5.00. The van der Waals surface area contributed by atoms with Gasteiger partial charge in [0.25, 0.3) is 0 Å². The number of hydrogen-bond acceptors (Lipinski definition) is 3. The summed E-state index contributed by atoms with van der Waals surface area (Å²) in [6.07, 6.45) is -7.78. The van der Waals surface area contributed by atoms with E-state index in [0.717, 1.165) is 10.5 Å². The number of aromatic nitrogens is 5. The first-order valence-corrected chi connectivity index (χ1v) is 8.47. The van der Waals surface area contributed by atoms with Gasteiger partial charge < -0.3 is 4.98 Å². The molecular weight excluding hydrogens is 456 g/mol. The van der Waals surface area contributed by atoms with Gasteiger partial charge in [-0.25, -0.2) is 15.0 Å². The van der Waals surface area contributed by atoms with Gasteiger partial charge in [-0.2, -0.15) is 26.3 Å². The Balaban J connectivity index is 1.79. The minimum atomic E-state index is -4.69. The molecule has 0 atom stereocenters. The first kappa shape index (κ1) is 18.7. The number of H-pyrrole nitrogens is 1. The van der Waals surface area contributed by atoms with Crippen LogP contribution in [0.4, 0.5) is 26.3 Å². The third kappa shape index (κ3) is 3.32. The second-order valence-corrected chi connectivity index (χ2v) is 6.85. The fourth-order valence-electron chi connectivity index (χ4n) is 2.84. The van der Waals surface area contributed by atoms with Gasteiger partial charge in [-0.05, 0) is 34.1 Å². The molecule has 0 spiro atoms. The fraction of sp³-hybridized carbons (Fsp3) is 0.188. The minimum Gasteiger partial charge on any atom is -0.340 e. The van der Waals surface area contributed by atoms with Gasteiger partial charge in [0.15, 0.2) is 11.3 Å². The van der Waals surface area contributed by atoms with Crippen LogP contribution in [-0.4, -0.2) is 24.3 Å². The summed E-state index contributed by atoms with van der Waals surface area (Å²) in [5.41, 5.74) is -2.23. The number of nitrogens with zero attached hydrogens (tertiary/aromatic N) is 4. The number of hydrogen-bond donors (Lipinski definition) is 1. The van der Waals surface area contributed by atoms with Crippen LogP contribution in [0.3, 0.4) is 0 Å². The molecule has 4 aromatic rings. The van der Waals surface area contributed by atoms with Gasteiger partial charge in [0.1, 0.15) is 11.5 Å². The van der Waals surface area contributed by atoms with Crippen molar-refractivity contribution in [3.63, 3.8) is 0 Å². The Kier molecular flexibility index (Phi) is 4.14. The highest BCUT2D eigenvalue weighted by atomic mass is 79.9. The van der Waals surface area contributed by atoms with E-state index >= 15 is 0 Å². The molecule has 0 unspecified atom stereocenters. The predicted molar refractivity (Wildman–Crippen MR) is 89.6 cm³/mol. The van der Waals surface area contributed by atoms with Crippen LogP contribution in [0.2, 0.25) is 0 Å². The molecule has 1 N–H and O–H groups in total. The Hall–Kier alpha value is -2.63. The van der Waals surface area contributed by atoms with E-state index in [4.69, 9.17) is 0 Å². The largest absolute Gasteiger partial charge is 0.433 e. The lowest BCUT2D eigenvalue weighted by molar-refractivity contribution is -0.142. The minimum absolute atomic E-state index is 0.0230. The number of imidazole rings is 2. The molecule has 4 rings (SSSR count). The Morgan fingerprint density at radius 3 is 2.46 bits per heavy atom. The van der Waals surface area contributed by atoms with Crippen LogP contribution in [0, 0.1) is 0 Å². The highest BCUT2D eigenvalue weighted by molar-refractivity contribution is 9.10. The average Bonchev–Trinajstić information content (AvgIpc) is 3.12. The normalized spacial score (nSPS) is 13.0. The lowest BCUT2D eigenvalue weighted by Crippen LogP contribution is -2.12. The number of halogens is 7. The number of rotatable bonds is 2. The van der Waals surface area contributed by atoms with Crippen molar-refractivity contribution in [1.82, 2.24) is 24.3 Å². The molecule has 0 aliphatic carbocycles. The Labute approximate surface area is 160 Å². The standard InChI is InChI=1S/C16H8BrF6N5/c17-8-1-2-12-26-9(13(16(21,22)23)28(12)6-8)4-11-25-10-3-7(15(18,19)20)5-24-14(10)27-11/h1-3,5-6H,4H2,(H,24,25,27). The lowest BCUT2D eigenvalue weighted by Gasteiger charge is -2.08. The molecule has 0 saturated heterocycles. The third-order valence-electron chi connectivity index (χ3n) is 3.97. The molecule has 0 bridgehead atoms. The maximum atomic E-state index is 13.6. The highest BCUT2D eigenvalue weighted by Crippen LogP contribution is 2.34. The van der Waals surface area contributed by atoms with E-state index in [1.54, 1.807) is 6.07 Å². The van der Waals surface area contributed by atoms with E-state index in [2.05, 4.69) is 35.9 Å². The molecule has 0 aliphatic rings.